The predicted octanol–water partition coefficient (Wildman–Crippen LogP) is 3.00. The van der Waals surface area contributed by atoms with E-state index in [2.05, 4.69) is 15.3 Å². The van der Waals surface area contributed by atoms with Crippen molar-refractivity contribution in [3.63, 3.8) is 0 Å². The first-order valence-electron chi connectivity index (χ1n) is 7.86. The minimum atomic E-state index is -0.536. The number of anilines is 2. The SMILES string of the molecule is O=C1N=c2ccccc2=CC1=Cc1sc(=O)[nH]c1Nc1ccc(F)c(Cl)c1. The summed E-state index contributed by atoms with van der Waals surface area (Å²) in [5.74, 6) is -0.531. The van der Waals surface area contributed by atoms with Crippen molar-refractivity contribution in [2.24, 2.45) is 4.99 Å². The van der Waals surface area contributed by atoms with Gasteiger partial charge in [0.15, 0.2) is 0 Å². The maximum atomic E-state index is 13.3. The third-order valence-electron chi connectivity index (χ3n) is 3.87. The van der Waals surface area contributed by atoms with Crippen molar-refractivity contribution in [1.82, 2.24) is 4.98 Å². The molecule has 1 aliphatic heterocycles. The van der Waals surface area contributed by atoms with Crippen LogP contribution in [0.4, 0.5) is 15.9 Å². The normalized spacial score (nSPS) is 14.4. The molecule has 1 aliphatic rings. The fraction of sp³-hybridized carbons (Fsp3) is 0. The molecule has 0 saturated heterocycles. The van der Waals surface area contributed by atoms with Crippen LogP contribution in [0.15, 0.2) is 57.8 Å². The smallest absolute Gasteiger partial charge is 0.306 e. The summed E-state index contributed by atoms with van der Waals surface area (Å²) in [7, 11) is 0. The molecule has 0 unspecified atom stereocenters. The molecular weight excluding hydrogens is 389 g/mol. The van der Waals surface area contributed by atoms with Gasteiger partial charge in [-0.25, -0.2) is 9.38 Å². The van der Waals surface area contributed by atoms with Crippen LogP contribution < -0.4 is 20.8 Å². The number of nitrogens with one attached hydrogen (secondary N) is 2. The van der Waals surface area contributed by atoms with Gasteiger partial charge in [0.2, 0.25) is 0 Å². The number of aromatic amines is 1. The fourth-order valence-corrected chi connectivity index (χ4v) is 3.54. The summed E-state index contributed by atoms with van der Waals surface area (Å²) in [5, 5.41) is 4.39. The molecule has 0 saturated carbocycles. The lowest BCUT2D eigenvalue weighted by atomic mass is 10.1. The summed E-state index contributed by atoms with van der Waals surface area (Å²) in [6, 6.07) is 11.4. The van der Waals surface area contributed by atoms with Gasteiger partial charge in [-0.2, -0.15) is 0 Å². The molecular formula is C19H11ClFN3O2S. The Kier molecular flexibility index (Phi) is 4.47. The molecule has 0 aliphatic carbocycles. The Hall–Kier alpha value is -3.03. The highest BCUT2D eigenvalue weighted by molar-refractivity contribution is 7.10. The Morgan fingerprint density at radius 2 is 2.00 bits per heavy atom. The molecule has 8 heteroatoms. The first kappa shape index (κ1) is 17.4. The van der Waals surface area contributed by atoms with Crippen LogP contribution in [-0.4, -0.2) is 10.9 Å². The second-order valence-electron chi connectivity index (χ2n) is 5.73. The third kappa shape index (κ3) is 3.60. The van der Waals surface area contributed by atoms with Crippen LogP contribution >= 0.6 is 22.9 Å². The van der Waals surface area contributed by atoms with E-state index in [4.69, 9.17) is 11.6 Å². The highest BCUT2D eigenvalue weighted by Gasteiger charge is 2.14. The van der Waals surface area contributed by atoms with Crippen LogP contribution in [0.5, 0.6) is 0 Å². The summed E-state index contributed by atoms with van der Waals surface area (Å²) < 4.78 is 13.3. The highest BCUT2D eigenvalue weighted by Crippen LogP contribution is 2.26. The van der Waals surface area contributed by atoms with E-state index in [0.717, 1.165) is 16.6 Å². The number of carbonyl (C=O) groups excluding carboxylic acids is 1. The molecule has 3 aromatic rings. The van der Waals surface area contributed by atoms with Crippen molar-refractivity contribution >= 4 is 52.5 Å². The molecule has 134 valence electrons. The maximum Gasteiger partial charge on any atom is 0.306 e. The number of nitrogens with zero attached hydrogens (tertiary/aromatic N) is 1. The molecule has 0 atom stereocenters. The van der Waals surface area contributed by atoms with Crippen molar-refractivity contribution in [1.29, 1.82) is 0 Å². The van der Waals surface area contributed by atoms with Gasteiger partial charge in [0, 0.05) is 16.5 Å². The first-order valence-corrected chi connectivity index (χ1v) is 9.06. The van der Waals surface area contributed by atoms with Crippen molar-refractivity contribution in [2.75, 3.05) is 5.32 Å². The summed E-state index contributed by atoms with van der Waals surface area (Å²) in [6.45, 7) is 0. The zero-order chi connectivity index (χ0) is 19.0. The zero-order valence-electron chi connectivity index (χ0n) is 13.6. The molecule has 0 bridgehead atoms. The monoisotopic (exact) mass is 399 g/mol. The van der Waals surface area contributed by atoms with Gasteiger partial charge in [0.25, 0.3) is 5.91 Å². The number of carbonyl (C=O) groups is 1. The van der Waals surface area contributed by atoms with Gasteiger partial charge < -0.3 is 5.32 Å². The topological polar surface area (TPSA) is 74.3 Å². The Morgan fingerprint density at radius 3 is 2.81 bits per heavy atom. The predicted molar refractivity (Wildman–Crippen MR) is 104 cm³/mol. The van der Waals surface area contributed by atoms with Crippen LogP contribution in [0.2, 0.25) is 5.02 Å². The summed E-state index contributed by atoms with van der Waals surface area (Å²) in [5.41, 5.74) is 0.869. The molecule has 2 N–H and O–H groups in total. The number of benzene rings is 2. The molecule has 0 radical (unpaired) electrons. The number of fused-ring (bicyclic) bond motifs is 1. The number of rotatable bonds is 3. The van der Waals surface area contributed by atoms with Crippen molar-refractivity contribution < 1.29 is 9.18 Å². The van der Waals surface area contributed by atoms with E-state index >= 15 is 0 Å². The van der Waals surface area contributed by atoms with Crippen molar-refractivity contribution in [3.8, 4) is 0 Å². The summed E-state index contributed by atoms with van der Waals surface area (Å²) >= 11 is 6.74. The summed E-state index contributed by atoms with van der Waals surface area (Å²) in [6.07, 6.45) is 3.32. The zero-order valence-corrected chi connectivity index (χ0v) is 15.2. The average Bonchev–Trinajstić information content (AvgIpc) is 2.98. The lowest BCUT2D eigenvalue weighted by molar-refractivity contribution is -0.114. The number of para-hydroxylation sites is 1. The Morgan fingerprint density at radius 1 is 1.19 bits per heavy atom. The number of H-pyrrole nitrogens is 1. The Bertz CT molecular complexity index is 1280. The van der Waals surface area contributed by atoms with Crippen LogP contribution in [0.1, 0.15) is 4.88 Å². The largest absolute Gasteiger partial charge is 0.340 e. The van der Waals surface area contributed by atoms with Crippen molar-refractivity contribution in [3.05, 3.63) is 84.0 Å². The minimum absolute atomic E-state index is 0.0383. The molecule has 1 aromatic heterocycles. The molecule has 0 spiro atoms. The average molecular weight is 400 g/mol. The van der Waals surface area contributed by atoms with Gasteiger partial charge in [0.05, 0.1) is 15.3 Å². The van der Waals surface area contributed by atoms with Gasteiger partial charge in [-0.15, -0.1) is 0 Å². The first-order chi connectivity index (χ1) is 13.0. The fourth-order valence-electron chi connectivity index (χ4n) is 2.61. The minimum Gasteiger partial charge on any atom is -0.340 e. The van der Waals surface area contributed by atoms with Gasteiger partial charge in [0.1, 0.15) is 11.6 Å². The van der Waals surface area contributed by atoms with Crippen molar-refractivity contribution in [2.45, 2.75) is 0 Å². The number of aromatic nitrogens is 1. The van der Waals surface area contributed by atoms with E-state index in [1.165, 1.54) is 18.2 Å². The van der Waals surface area contributed by atoms with Crippen LogP contribution in [0.25, 0.3) is 12.2 Å². The third-order valence-corrected chi connectivity index (χ3v) is 4.99. The molecule has 4 rings (SSSR count). The second kappa shape index (κ2) is 6.94. The van der Waals surface area contributed by atoms with E-state index in [0.29, 0.717) is 27.3 Å². The lowest BCUT2D eigenvalue weighted by Gasteiger charge is -2.07. The highest BCUT2D eigenvalue weighted by atomic mass is 35.5. The number of thiazole rings is 1. The molecule has 2 aromatic carbocycles. The van der Waals surface area contributed by atoms with Crippen LogP contribution in [0, 0.1) is 5.82 Å². The maximum absolute atomic E-state index is 13.3. The molecule has 27 heavy (non-hydrogen) atoms. The number of hydrogen-bond donors (Lipinski definition) is 2. The van der Waals surface area contributed by atoms with Gasteiger partial charge >= 0.3 is 4.87 Å². The molecule has 2 heterocycles. The molecule has 0 fully saturated rings. The quantitative estimate of drug-likeness (QED) is 0.665. The van der Waals surface area contributed by atoms with Crippen LogP contribution in [-0.2, 0) is 4.79 Å². The van der Waals surface area contributed by atoms with Gasteiger partial charge in [-0.1, -0.05) is 41.1 Å². The van der Waals surface area contributed by atoms with E-state index in [-0.39, 0.29) is 15.8 Å². The summed E-state index contributed by atoms with van der Waals surface area (Å²) in [4.78, 5) is 31.1. The van der Waals surface area contributed by atoms with E-state index < -0.39 is 5.82 Å². The van der Waals surface area contributed by atoms with Crippen LogP contribution in [0.3, 0.4) is 0 Å². The van der Waals surface area contributed by atoms with Gasteiger partial charge in [-0.05, 0) is 36.4 Å². The van der Waals surface area contributed by atoms with E-state index in [1.54, 1.807) is 18.2 Å². The number of amides is 1. The number of hydrogen-bond acceptors (Lipinski definition) is 4. The van der Waals surface area contributed by atoms with E-state index in [1.807, 2.05) is 18.2 Å². The Balaban J connectivity index is 1.74. The van der Waals surface area contributed by atoms with Gasteiger partial charge in [-0.3, -0.25) is 14.6 Å². The molecule has 5 nitrogen and oxygen atoms in total. The number of halogens is 2. The standard InChI is InChI=1S/C19H11ClFN3O2S/c20-13-9-12(5-6-14(13)21)22-17-16(27-19(26)24-17)8-11-7-10-3-1-2-4-15(10)23-18(11)25/h1-9,22H,(H,24,26). The second-order valence-corrected chi connectivity index (χ2v) is 7.15. The molecule has 1 amide bonds. The Labute approximate surface area is 161 Å². The van der Waals surface area contributed by atoms with E-state index in [9.17, 15) is 14.0 Å². The lowest BCUT2D eigenvalue weighted by Crippen LogP contribution is -2.29.